The first-order valence-electron chi connectivity index (χ1n) is 11.0. The van der Waals surface area contributed by atoms with Crippen molar-refractivity contribution in [3.63, 3.8) is 0 Å². The average Bonchev–Trinajstić information content (AvgIpc) is 2.85. The topological polar surface area (TPSA) is 41.6 Å². The van der Waals surface area contributed by atoms with Crippen LogP contribution in [0.2, 0.25) is 0 Å². The maximum atomic E-state index is 13.2. The number of nitrogens with one attached hydrogen (secondary N) is 1. The second-order valence-electron chi connectivity index (χ2n) is 8.04. The van der Waals surface area contributed by atoms with Crippen LogP contribution in [0.25, 0.3) is 6.08 Å². The Labute approximate surface area is 202 Å². The molecule has 4 rings (SSSR count). The summed E-state index contributed by atoms with van der Waals surface area (Å²) in [7, 11) is 1.73. The molecule has 1 aliphatic rings. The number of carbonyl (C=O) groups is 1. The molecule has 33 heavy (non-hydrogen) atoms. The Morgan fingerprint density at radius 1 is 1.09 bits per heavy atom. The molecule has 1 fully saturated rings. The fourth-order valence-electron chi connectivity index (χ4n) is 4.19. The minimum absolute atomic E-state index is 0.273. The van der Waals surface area contributed by atoms with Crippen LogP contribution in [0.3, 0.4) is 0 Å². The van der Waals surface area contributed by atoms with E-state index in [1.54, 1.807) is 13.2 Å². The van der Waals surface area contributed by atoms with E-state index in [1.165, 1.54) is 35.5 Å². The first-order chi connectivity index (χ1) is 16.0. The number of piperidine rings is 1. The van der Waals surface area contributed by atoms with Gasteiger partial charge in [0.25, 0.3) is 0 Å². The van der Waals surface area contributed by atoms with E-state index in [0.717, 1.165) is 37.2 Å². The Kier molecular flexibility index (Phi) is 7.45. The van der Waals surface area contributed by atoms with E-state index >= 15 is 0 Å². The summed E-state index contributed by atoms with van der Waals surface area (Å²) >= 11 is 3.25. The molecule has 3 aromatic carbocycles. The Morgan fingerprint density at radius 2 is 1.82 bits per heavy atom. The Morgan fingerprint density at radius 3 is 2.52 bits per heavy atom. The first kappa shape index (κ1) is 23.1. The van der Waals surface area contributed by atoms with Gasteiger partial charge < -0.3 is 15.0 Å². The van der Waals surface area contributed by atoms with Gasteiger partial charge in [-0.2, -0.15) is 0 Å². The molecule has 3 aromatic rings. The molecule has 0 aromatic heterocycles. The van der Waals surface area contributed by atoms with Crippen LogP contribution < -0.4 is 15.0 Å². The third kappa shape index (κ3) is 5.82. The second kappa shape index (κ2) is 10.7. The van der Waals surface area contributed by atoms with E-state index in [-0.39, 0.29) is 11.7 Å². The highest BCUT2D eigenvalue weighted by molar-refractivity contribution is 9.10. The van der Waals surface area contributed by atoms with Crippen molar-refractivity contribution >= 4 is 39.3 Å². The van der Waals surface area contributed by atoms with Gasteiger partial charge in [0.2, 0.25) is 5.91 Å². The predicted molar refractivity (Wildman–Crippen MR) is 135 cm³/mol. The molecular weight excluding hydrogens is 483 g/mol. The Balaban J connectivity index is 1.32. The van der Waals surface area contributed by atoms with Gasteiger partial charge >= 0.3 is 0 Å². The Bertz CT molecular complexity index is 1140. The molecule has 1 N–H and O–H groups in total. The van der Waals surface area contributed by atoms with Crippen molar-refractivity contribution in [2.24, 2.45) is 0 Å². The SMILES string of the molecule is COc1ccccc1C1CCN(c2ccc(/C=C\C(=O)Nc3ccc(F)cc3Br)cc2)CC1. The van der Waals surface area contributed by atoms with Crippen LogP contribution in [-0.4, -0.2) is 26.1 Å². The van der Waals surface area contributed by atoms with Gasteiger partial charge in [0.05, 0.1) is 12.8 Å². The minimum Gasteiger partial charge on any atom is -0.496 e. The summed E-state index contributed by atoms with van der Waals surface area (Å²) < 4.78 is 19.2. The summed E-state index contributed by atoms with van der Waals surface area (Å²) in [5.74, 6) is 0.853. The van der Waals surface area contributed by atoms with Gasteiger partial charge in [-0.3, -0.25) is 4.79 Å². The van der Waals surface area contributed by atoms with Crippen molar-refractivity contribution in [2.75, 3.05) is 30.4 Å². The van der Waals surface area contributed by atoms with Crippen molar-refractivity contribution in [1.82, 2.24) is 0 Å². The normalized spacial score (nSPS) is 14.5. The fourth-order valence-corrected chi connectivity index (χ4v) is 4.64. The number of ether oxygens (including phenoxy) is 1. The molecule has 0 unspecified atom stereocenters. The number of rotatable bonds is 6. The number of nitrogens with zero attached hydrogens (tertiary/aromatic N) is 1. The largest absolute Gasteiger partial charge is 0.496 e. The number of hydrogen-bond acceptors (Lipinski definition) is 3. The maximum absolute atomic E-state index is 13.2. The van der Waals surface area contributed by atoms with Crippen LogP contribution >= 0.6 is 15.9 Å². The molecule has 1 amide bonds. The molecule has 0 spiro atoms. The van der Waals surface area contributed by atoms with E-state index in [1.807, 2.05) is 24.3 Å². The number of carbonyl (C=O) groups excluding carboxylic acids is 1. The molecular formula is C27H26BrFN2O2. The highest BCUT2D eigenvalue weighted by Gasteiger charge is 2.23. The lowest BCUT2D eigenvalue weighted by Crippen LogP contribution is -2.32. The standard InChI is InChI=1S/C27H26BrFN2O2/c1-33-26-5-3-2-4-23(26)20-14-16-31(17-15-20)22-10-6-19(7-11-22)8-13-27(32)30-25-12-9-21(29)18-24(25)28/h2-13,18,20H,14-17H2,1H3,(H,30,32)/b13-8-. The molecule has 0 radical (unpaired) electrons. The molecule has 0 bridgehead atoms. The number of hydrogen-bond donors (Lipinski definition) is 1. The van der Waals surface area contributed by atoms with Crippen molar-refractivity contribution in [3.05, 3.63) is 94.2 Å². The van der Waals surface area contributed by atoms with Gasteiger partial charge in [-0.1, -0.05) is 30.3 Å². The van der Waals surface area contributed by atoms with Crippen LogP contribution in [0.15, 0.2) is 77.3 Å². The zero-order valence-electron chi connectivity index (χ0n) is 18.4. The summed E-state index contributed by atoms with van der Waals surface area (Å²) in [5.41, 5.74) is 3.95. The van der Waals surface area contributed by atoms with Gasteiger partial charge in [-0.15, -0.1) is 0 Å². The quantitative estimate of drug-likeness (QED) is 0.379. The lowest BCUT2D eigenvalue weighted by Gasteiger charge is -2.34. The summed E-state index contributed by atoms with van der Waals surface area (Å²) in [6, 6.07) is 20.7. The molecule has 1 aliphatic heterocycles. The number of benzene rings is 3. The van der Waals surface area contributed by atoms with Crippen molar-refractivity contribution in [3.8, 4) is 5.75 Å². The molecule has 6 heteroatoms. The smallest absolute Gasteiger partial charge is 0.248 e. The van der Waals surface area contributed by atoms with Crippen LogP contribution in [0, 0.1) is 5.82 Å². The summed E-state index contributed by atoms with van der Waals surface area (Å²) in [4.78, 5) is 14.6. The summed E-state index contributed by atoms with van der Waals surface area (Å²) in [6.07, 6.45) is 5.41. The molecule has 0 saturated carbocycles. The lowest BCUT2D eigenvalue weighted by atomic mass is 9.88. The third-order valence-corrected chi connectivity index (χ3v) is 6.60. The molecule has 4 nitrogen and oxygen atoms in total. The van der Waals surface area contributed by atoms with Crippen molar-refractivity contribution < 1.29 is 13.9 Å². The molecule has 1 saturated heterocycles. The molecule has 0 atom stereocenters. The van der Waals surface area contributed by atoms with Gasteiger partial charge in [-0.25, -0.2) is 4.39 Å². The van der Waals surface area contributed by atoms with Crippen LogP contribution in [0.5, 0.6) is 5.75 Å². The monoisotopic (exact) mass is 508 g/mol. The van der Waals surface area contributed by atoms with E-state index in [9.17, 15) is 9.18 Å². The number of methoxy groups -OCH3 is 1. The highest BCUT2D eigenvalue weighted by Crippen LogP contribution is 2.35. The number of amides is 1. The molecule has 1 heterocycles. The fraction of sp³-hybridized carbons (Fsp3) is 0.222. The van der Waals surface area contributed by atoms with E-state index in [2.05, 4.69) is 50.4 Å². The van der Waals surface area contributed by atoms with Gasteiger partial charge in [0.15, 0.2) is 0 Å². The van der Waals surface area contributed by atoms with E-state index < -0.39 is 0 Å². The van der Waals surface area contributed by atoms with Crippen molar-refractivity contribution in [1.29, 1.82) is 0 Å². The molecule has 170 valence electrons. The summed E-state index contributed by atoms with van der Waals surface area (Å²) in [5, 5.41) is 2.74. The molecule has 0 aliphatic carbocycles. The average molecular weight is 509 g/mol. The van der Waals surface area contributed by atoms with Gasteiger partial charge in [-0.05, 0) is 88.3 Å². The van der Waals surface area contributed by atoms with E-state index in [4.69, 9.17) is 4.74 Å². The number of para-hydroxylation sites is 1. The number of halogens is 2. The predicted octanol–water partition coefficient (Wildman–Crippen LogP) is 6.63. The van der Waals surface area contributed by atoms with E-state index in [0.29, 0.717) is 16.1 Å². The highest BCUT2D eigenvalue weighted by atomic mass is 79.9. The van der Waals surface area contributed by atoms with Gasteiger partial charge in [0, 0.05) is 29.3 Å². The van der Waals surface area contributed by atoms with Crippen LogP contribution in [0.1, 0.15) is 29.9 Å². The van der Waals surface area contributed by atoms with Gasteiger partial charge in [0.1, 0.15) is 11.6 Å². The first-order valence-corrected chi connectivity index (χ1v) is 11.7. The lowest BCUT2D eigenvalue weighted by molar-refractivity contribution is -0.111. The van der Waals surface area contributed by atoms with Crippen LogP contribution in [0.4, 0.5) is 15.8 Å². The third-order valence-electron chi connectivity index (χ3n) is 5.95. The second-order valence-corrected chi connectivity index (χ2v) is 8.90. The minimum atomic E-state index is -0.362. The Hall–Kier alpha value is -3.12. The maximum Gasteiger partial charge on any atom is 0.248 e. The summed E-state index contributed by atoms with van der Waals surface area (Å²) in [6.45, 7) is 1.99. The zero-order chi connectivity index (χ0) is 23.2. The zero-order valence-corrected chi connectivity index (χ0v) is 20.0. The number of anilines is 2. The van der Waals surface area contributed by atoms with Crippen LogP contribution in [-0.2, 0) is 4.79 Å². The van der Waals surface area contributed by atoms with Crippen molar-refractivity contribution in [2.45, 2.75) is 18.8 Å².